The Hall–Kier alpha value is -1.20. The molecule has 2 rings (SSSR count). The minimum atomic E-state index is -0.690. The number of hydrogen-bond acceptors (Lipinski definition) is 4. The van der Waals surface area contributed by atoms with Crippen molar-refractivity contribution in [3.8, 4) is 0 Å². The Kier molecular flexibility index (Phi) is 5.31. The lowest BCUT2D eigenvalue weighted by Gasteiger charge is -2.17. The van der Waals surface area contributed by atoms with E-state index in [2.05, 4.69) is 15.3 Å². The van der Waals surface area contributed by atoms with Gasteiger partial charge in [-0.25, -0.2) is 0 Å². The largest absolute Gasteiger partial charge is 0.387 e. The highest BCUT2D eigenvalue weighted by atomic mass is 35.5. The normalized spacial score (nSPS) is 14.0. The van der Waals surface area contributed by atoms with Gasteiger partial charge in [0.2, 0.25) is 0 Å². The van der Waals surface area contributed by atoms with Crippen LogP contribution >= 0.6 is 23.2 Å². The molecule has 1 heterocycles. The summed E-state index contributed by atoms with van der Waals surface area (Å²) in [5.74, 6) is 0. The molecule has 0 aliphatic rings. The van der Waals surface area contributed by atoms with E-state index in [1.807, 2.05) is 6.92 Å². The van der Waals surface area contributed by atoms with Crippen molar-refractivity contribution in [2.45, 2.75) is 19.1 Å². The molecule has 4 nitrogen and oxygen atoms in total. The maximum atomic E-state index is 10.1. The fourth-order valence-corrected chi connectivity index (χ4v) is 2.36. The van der Waals surface area contributed by atoms with Crippen molar-refractivity contribution in [2.75, 3.05) is 6.54 Å². The van der Waals surface area contributed by atoms with E-state index < -0.39 is 6.10 Å². The summed E-state index contributed by atoms with van der Waals surface area (Å²) in [5.41, 5.74) is 1.50. The first-order valence-corrected chi connectivity index (χ1v) is 6.95. The van der Waals surface area contributed by atoms with E-state index in [1.165, 1.54) is 0 Å². The molecule has 0 bridgehead atoms. The first-order chi connectivity index (χ1) is 9.56. The van der Waals surface area contributed by atoms with Gasteiger partial charge in [0.05, 0.1) is 11.8 Å². The SMILES string of the molecule is CC(NCC(O)c1cc(Cl)cc(Cl)c1)c1cnccn1. The molecule has 0 saturated heterocycles. The van der Waals surface area contributed by atoms with Gasteiger partial charge in [-0.2, -0.15) is 0 Å². The first kappa shape index (κ1) is 15.2. The molecule has 0 aliphatic heterocycles. The van der Waals surface area contributed by atoms with Crippen LogP contribution in [0.5, 0.6) is 0 Å². The zero-order chi connectivity index (χ0) is 14.5. The van der Waals surface area contributed by atoms with Gasteiger partial charge in [0, 0.05) is 41.2 Å². The van der Waals surface area contributed by atoms with Crippen molar-refractivity contribution in [3.63, 3.8) is 0 Å². The number of aliphatic hydroxyl groups is 1. The highest BCUT2D eigenvalue weighted by molar-refractivity contribution is 6.34. The van der Waals surface area contributed by atoms with Gasteiger partial charge in [-0.15, -0.1) is 0 Å². The van der Waals surface area contributed by atoms with Crippen LogP contribution in [-0.4, -0.2) is 21.6 Å². The quantitative estimate of drug-likeness (QED) is 0.890. The Morgan fingerprint density at radius 1 is 1.20 bits per heavy atom. The molecule has 0 saturated carbocycles. The summed E-state index contributed by atoms with van der Waals surface area (Å²) in [6.07, 6.45) is 4.27. The summed E-state index contributed by atoms with van der Waals surface area (Å²) in [7, 11) is 0. The molecule has 0 aliphatic carbocycles. The Bertz CT molecular complexity index is 545. The second kappa shape index (κ2) is 6.99. The minimum Gasteiger partial charge on any atom is -0.387 e. The van der Waals surface area contributed by atoms with Crippen LogP contribution in [0, 0.1) is 0 Å². The van der Waals surface area contributed by atoms with Gasteiger partial charge in [0.15, 0.2) is 0 Å². The van der Waals surface area contributed by atoms with Crippen LogP contribution in [0.4, 0.5) is 0 Å². The van der Waals surface area contributed by atoms with Crippen LogP contribution in [0.25, 0.3) is 0 Å². The van der Waals surface area contributed by atoms with E-state index in [-0.39, 0.29) is 6.04 Å². The monoisotopic (exact) mass is 311 g/mol. The van der Waals surface area contributed by atoms with Crippen molar-refractivity contribution >= 4 is 23.2 Å². The fourth-order valence-electron chi connectivity index (χ4n) is 1.81. The molecule has 2 aromatic rings. The fraction of sp³-hybridized carbons (Fsp3) is 0.286. The Morgan fingerprint density at radius 3 is 2.50 bits per heavy atom. The van der Waals surface area contributed by atoms with Crippen molar-refractivity contribution in [1.82, 2.24) is 15.3 Å². The highest BCUT2D eigenvalue weighted by Gasteiger charge is 2.12. The molecule has 2 N–H and O–H groups in total. The van der Waals surface area contributed by atoms with Gasteiger partial charge in [-0.05, 0) is 30.7 Å². The van der Waals surface area contributed by atoms with E-state index in [0.717, 1.165) is 5.69 Å². The van der Waals surface area contributed by atoms with Gasteiger partial charge in [0.1, 0.15) is 0 Å². The lowest BCUT2D eigenvalue weighted by atomic mass is 10.1. The summed E-state index contributed by atoms with van der Waals surface area (Å²) < 4.78 is 0. The summed E-state index contributed by atoms with van der Waals surface area (Å²) in [5, 5.41) is 14.4. The van der Waals surface area contributed by atoms with Crippen molar-refractivity contribution < 1.29 is 5.11 Å². The first-order valence-electron chi connectivity index (χ1n) is 6.19. The third-order valence-electron chi connectivity index (χ3n) is 2.91. The van der Waals surface area contributed by atoms with Gasteiger partial charge < -0.3 is 10.4 Å². The van der Waals surface area contributed by atoms with Crippen molar-refractivity contribution in [1.29, 1.82) is 0 Å². The number of aliphatic hydroxyl groups excluding tert-OH is 1. The lowest BCUT2D eigenvalue weighted by Crippen LogP contribution is -2.25. The predicted molar refractivity (Wildman–Crippen MR) is 79.9 cm³/mol. The van der Waals surface area contributed by atoms with Crippen LogP contribution in [-0.2, 0) is 0 Å². The maximum Gasteiger partial charge on any atom is 0.0915 e. The number of aromatic nitrogens is 2. The van der Waals surface area contributed by atoms with Crippen LogP contribution in [0.1, 0.15) is 30.3 Å². The smallest absolute Gasteiger partial charge is 0.0915 e. The predicted octanol–water partition coefficient (Wildman–Crippen LogP) is 3.17. The van der Waals surface area contributed by atoms with Crippen LogP contribution < -0.4 is 5.32 Å². The second-order valence-corrected chi connectivity index (χ2v) is 5.35. The summed E-state index contributed by atoms with van der Waals surface area (Å²) >= 11 is 11.8. The molecule has 2 unspecified atom stereocenters. The zero-order valence-electron chi connectivity index (χ0n) is 10.9. The van der Waals surface area contributed by atoms with E-state index >= 15 is 0 Å². The molecule has 6 heteroatoms. The molecule has 0 radical (unpaired) electrons. The molecule has 0 fully saturated rings. The Morgan fingerprint density at radius 2 is 1.90 bits per heavy atom. The third-order valence-corrected chi connectivity index (χ3v) is 3.35. The number of benzene rings is 1. The molecular weight excluding hydrogens is 297 g/mol. The number of halogens is 2. The molecule has 1 aromatic carbocycles. The third kappa shape index (κ3) is 4.15. The molecule has 106 valence electrons. The minimum absolute atomic E-state index is 0.00648. The topological polar surface area (TPSA) is 58.0 Å². The Labute approximate surface area is 127 Å². The van der Waals surface area contributed by atoms with Gasteiger partial charge in [-0.1, -0.05) is 23.2 Å². The number of rotatable bonds is 5. The summed E-state index contributed by atoms with van der Waals surface area (Å²) in [6, 6.07) is 5.03. The van der Waals surface area contributed by atoms with E-state index in [1.54, 1.807) is 36.8 Å². The van der Waals surface area contributed by atoms with Crippen molar-refractivity contribution in [3.05, 3.63) is 58.1 Å². The van der Waals surface area contributed by atoms with E-state index in [0.29, 0.717) is 22.2 Å². The molecule has 0 amide bonds. The standard InChI is InChI=1S/C14H15Cl2N3O/c1-9(13-7-17-2-3-18-13)19-8-14(20)10-4-11(15)6-12(16)5-10/h2-7,9,14,19-20H,8H2,1H3. The summed E-state index contributed by atoms with van der Waals surface area (Å²) in [6.45, 7) is 2.33. The van der Waals surface area contributed by atoms with Crippen LogP contribution in [0.3, 0.4) is 0 Å². The lowest BCUT2D eigenvalue weighted by molar-refractivity contribution is 0.170. The second-order valence-electron chi connectivity index (χ2n) is 4.48. The molecule has 2 atom stereocenters. The van der Waals surface area contributed by atoms with Crippen LogP contribution in [0.15, 0.2) is 36.8 Å². The average Bonchev–Trinajstić information content (AvgIpc) is 2.44. The van der Waals surface area contributed by atoms with Crippen LogP contribution in [0.2, 0.25) is 10.0 Å². The van der Waals surface area contributed by atoms with E-state index in [4.69, 9.17) is 23.2 Å². The number of nitrogens with zero attached hydrogens (tertiary/aromatic N) is 2. The van der Waals surface area contributed by atoms with Gasteiger partial charge in [-0.3, -0.25) is 9.97 Å². The molecule has 0 spiro atoms. The van der Waals surface area contributed by atoms with E-state index in [9.17, 15) is 5.11 Å². The van der Waals surface area contributed by atoms with Gasteiger partial charge in [0.25, 0.3) is 0 Å². The van der Waals surface area contributed by atoms with Crippen molar-refractivity contribution in [2.24, 2.45) is 0 Å². The maximum absolute atomic E-state index is 10.1. The summed E-state index contributed by atoms with van der Waals surface area (Å²) in [4.78, 5) is 8.22. The van der Waals surface area contributed by atoms with Gasteiger partial charge >= 0.3 is 0 Å². The number of hydrogen-bond donors (Lipinski definition) is 2. The molecule has 1 aromatic heterocycles. The Balaban J connectivity index is 1.96. The molecular formula is C14H15Cl2N3O. The number of nitrogens with one attached hydrogen (secondary N) is 1. The zero-order valence-corrected chi connectivity index (χ0v) is 12.4. The average molecular weight is 312 g/mol. The molecule has 20 heavy (non-hydrogen) atoms. The highest BCUT2D eigenvalue weighted by Crippen LogP contribution is 2.23.